The third-order valence-electron chi connectivity index (χ3n) is 17.6. The Bertz CT molecular complexity index is 4430. The molecule has 0 spiro atoms. The van der Waals surface area contributed by atoms with Gasteiger partial charge < -0.3 is 4.90 Å². The van der Waals surface area contributed by atoms with E-state index in [2.05, 4.69) is 288 Å². The van der Waals surface area contributed by atoms with Crippen molar-refractivity contribution < 1.29 is 0 Å². The molecule has 0 unspecified atom stereocenters. The van der Waals surface area contributed by atoms with Gasteiger partial charge in [0.2, 0.25) is 0 Å². The number of para-hydroxylation sites is 2. The average Bonchev–Trinajstić information content (AvgIpc) is 4.01. The molecule has 0 N–H and O–H groups in total. The predicted octanol–water partition coefficient (Wildman–Crippen LogP) is 22.7. The molecule has 0 heterocycles. The average molecular weight is 1020 g/mol. The zero-order chi connectivity index (χ0) is 54.7. The lowest BCUT2D eigenvalue weighted by molar-refractivity contribution is 0.568. The first kappa shape index (κ1) is 49.1. The molecule has 12 aromatic rings. The van der Waals surface area contributed by atoms with Gasteiger partial charge in [-0.05, 0) is 226 Å². The van der Waals surface area contributed by atoms with Crippen LogP contribution < -0.4 is 4.90 Å². The topological polar surface area (TPSA) is 3.24 Å². The molecule has 1 nitrogen and oxygen atoms in total. The van der Waals surface area contributed by atoms with E-state index < -0.39 is 0 Å². The minimum atomic E-state index is -0.0576. The van der Waals surface area contributed by atoms with E-state index in [1.807, 2.05) is 0 Å². The Balaban J connectivity index is 1.13. The molecule has 2 aliphatic carbocycles. The van der Waals surface area contributed by atoms with Crippen molar-refractivity contribution in [3.8, 4) is 66.8 Å². The third-order valence-corrected chi connectivity index (χ3v) is 17.6. The summed E-state index contributed by atoms with van der Waals surface area (Å²) in [6, 6.07) is 77.5. The Morgan fingerprint density at radius 2 is 0.582 bits per heavy atom. The van der Waals surface area contributed by atoms with Crippen LogP contribution in [0.3, 0.4) is 0 Å². The Kier molecular flexibility index (Phi) is 10.6. The second-order valence-corrected chi connectivity index (χ2v) is 27.0. The van der Waals surface area contributed by atoms with Gasteiger partial charge in [-0.1, -0.05) is 217 Å². The van der Waals surface area contributed by atoms with Crippen LogP contribution in [0.15, 0.2) is 200 Å². The fraction of sp³-hybridized carbons (Fsp3) is 0.205. The maximum atomic E-state index is 2.59. The first-order valence-electron chi connectivity index (χ1n) is 28.6. The molecule has 12 aromatic carbocycles. The van der Waals surface area contributed by atoms with Gasteiger partial charge in [-0.15, -0.1) is 0 Å². The first-order valence-corrected chi connectivity index (χ1v) is 28.6. The van der Waals surface area contributed by atoms with Crippen LogP contribution in [0.4, 0.5) is 17.1 Å². The Hall–Kier alpha value is -8.26. The molecule has 0 saturated carbocycles. The second kappa shape index (κ2) is 17.1. The summed E-state index contributed by atoms with van der Waals surface area (Å²) in [6.07, 6.45) is 0. The van der Waals surface area contributed by atoms with Gasteiger partial charge in [-0.25, -0.2) is 0 Å². The molecule has 0 atom stereocenters. The van der Waals surface area contributed by atoms with E-state index in [4.69, 9.17) is 0 Å². The van der Waals surface area contributed by atoms with Crippen LogP contribution in [-0.4, -0.2) is 0 Å². The summed E-state index contributed by atoms with van der Waals surface area (Å²) in [6.45, 7) is 28.3. The van der Waals surface area contributed by atoms with Gasteiger partial charge in [-0.2, -0.15) is 0 Å². The van der Waals surface area contributed by atoms with E-state index in [0.29, 0.717) is 0 Å². The minimum Gasteiger partial charge on any atom is -0.310 e. The van der Waals surface area contributed by atoms with E-state index in [0.717, 1.165) is 11.4 Å². The van der Waals surface area contributed by atoms with Crippen molar-refractivity contribution in [1.82, 2.24) is 0 Å². The van der Waals surface area contributed by atoms with Crippen LogP contribution >= 0.6 is 0 Å². The van der Waals surface area contributed by atoms with Crippen molar-refractivity contribution >= 4 is 70.9 Å². The number of anilines is 3. The molecular weight excluding hydrogens is 951 g/mol. The van der Waals surface area contributed by atoms with Gasteiger partial charge >= 0.3 is 0 Å². The van der Waals surface area contributed by atoms with Gasteiger partial charge in [0.25, 0.3) is 0 Å². The molecule has 0 saturated heterocycles. The number of hydrogen-bond acceptors (Lipinski definition) is 1. The van der Waals surface area contributed by atoms with E-state index >= 15 is 0 Å². The van der Waals surface area contributed by atoms with Crippen molar-refractivity contribution in [1.29, 1.82) is 0 Å². The molecule has 0 radical (unpaired) electrons. The lowest BCUT2D eigenvalue weighted by Gasteiger charge is -2.27. The van der Waals surface area contributed by atoms with Crippen molar-refractivity contribution in [2.45, 2.75) is 105 Å². The molecule has 386 valence electrons. The summed E-state index contributed by atoms with van der Waals surface area (Å²) < 4.78 is 0. The van der Waals surface area contributed by atoms with Gasteiger partial charge in [0.15, 0.2) is 0 Å². The summed E-state index contributed by atoms with van der Waals surface area (Å²) in [5.41, 5.74) is 24.2. The Morgan fingerprint density at radius 3 is 0.987 bits per heavy atom. The van der Waals surface area contributed by atoms with Crippen LogP contribution in [0.1, 0.15) is 105 Å². The van der Waals surface area contributed by atoms with Crippen molar-refractivity contribution in [3.63, 3.8) is 0 Å². The van der Waals surface area contributed by atoms with Crippen LogP contribution in [0.25, 0.3) is 121 Å². The molecular formula is C78H69N. The first-order chi connectivity index (χ1) is 37.7. The van der Waals surface area contributed by atoms with Crippen LogP contribution in [0, 0.1) is 0 Å². The molecule has 2 aliphatic rings. The number of nitrogens with zero attached hydrogens (tertiary/aromatic N) is 1. The van der Waals surface area contributed by atoms with E-state index in [-0.39, 0.29) is 21.7 Å². The lowest BCUT2D eigenvalue weighted by Crippen LogP contribution is -2.16. The van der Waals surface area contributed by atoms with Gasteiger partial charge in [0.05, 0.1) is 5.69 Å². The Morgan fingerprint density at radius 1 is 0.241 bits per heavy atom. The highest BCUT2D eigenvalue weighted by atomic mass is 15.1. The smallest absolute Gasteiger partial charge is 0.0540 e. The largest absolute Gasteiger partial charge is 0.310 e. The molecule has 1 heteroatoms. The van der Waals surface area contributed by atoms with E-state index in [1.165, 1.54) is 149 Å². The highest BCUT2D eigenvalue weighted by molar-refractivity contribution is 6.29. The van der Waals surface area contributed by atoms with E-state index in [9.17, 15) is 0 Å². The SMILES string of the molecule is CC(C)(C)c1cc(-c2cc3c4cc5c(cc4c(-c4cc(C(C)(C)C)cc(C(C)(C)C)c4)cc3c3cc4c(cc23)-c2cccc3cccc-4c23)-c2ccc(N(c3ccccc3)c3ccccc3)c3cccc-5c23)cc(C(C)(C)C)c1. The molecule has 0 aromatic heterocycles. The maximum absolute atomic E-state index is 2.59. The van der Waals surface area contributed by atoms with Gasteiger partial charge in [-0.3, -0.25) is 0 Å². The summed E-state index contributed by atoms with van der Waals surface area (Å²) in [5, 5.41) is 12.9. The quantitative estimate of drug-likeness (QED) is 0.155. The number of benzene rings is 12. The molecule has 0 amide bonds. The summed E-state index contributed by atoms with van der Waals surface area (Å²) in [7, 11) is 0. The summed E-state index contributed by atoms with van der Waals surface area (Å²) in [5.74, 6) is 0. The van der Waals surface area contributed by atoms with Crippen molar-refractivity contribution in [2.75, 3.05) is 4.90 Å². The van der Waals surface area contributed by atoms with Gasteiger partial charge in [0.1, 0.15) is 0 Å². The maximum Gasteiger partial charge on any atom is 0.0540 e. The number of hydrogen-bond donors (Lipinski definition) is 0. The molecule has 14 rings (SSSR count). The predicted molar refractivity (Wildman–Crippen MR) is 343 cm³/mol. The molecule has 0 aliphatic heterocycles. The van der Waals surface area contributed by atoms with Gasteiger partial charge in [0, 0.05) is 16.8 Å². The zero-order valence-corrected chi connectivity index (χ0v) is 48.0. The number of fused-ring (bicyclic) bond motifs is 11. The molecule has 79 heavy (non-hydrogen) atoms. The summed E-state index contributed by atoms with van der Waals surface area (Å²) >= 11 is 0. The molecule has 0 bridgehead atoms. The minimum absolute atomic E-state index is 0.0496. The lowest BCUT2D eigenvalue weighted by atomic mass is 9.77. The monoisotopic (exact) mass is 1020 g/mol. The third kappa shape index (κ3) is 7.79. The highest BCUT2D eigenvalue weighted by Gasteiger charge is 2.31. The zero-order valence-electron chi connectivity index (χ0n) is 48.0. The van der Waals surface area contributed by atoms with Crippen LogP contribution in [0.5, 0.6) is 0 Å². The van der Waals surface area contributed by atoms with Crippen molar-refractivity contribution in [3.05, 3.63) is 222 Å². The van der Waals surface area contributed by atoms with Crippen LogP contribution in [-0.2, 0) is 21.7 Å². The van der Waals surface area contributed by atoms with Crippen LogP contribution in [0.2, 0.25) is 0 Å². The number of rotatable bonds is 5. The van der Waals surface area contributed by atoms with E-state index in [1.54, 1.807) is 0 Å². The summed E-state index contributed by atoms with van der Waals surface area (Å²) in [4.78, 5) is 2.42. The standard InChI is InChI=1S/C78H69N/c1-75(2,3)49-34-47(35-50(38-49)76(4,5)6)60-40-69-68(70-44-63-56-29-20-23-46-22-19-28-55(73(46)56)62(63)42-66(60)70)41-61(48-36-51(77(7,8)9)39-52(37-48)78(10,11)12)67-43-65-58-32-33-72(59-31-21-30-57(74(58)59)64(65)45-71(67)69)79(53-24-15-13-16-25-53)54-26-17-14-18-27-54/h13-45H,1-12H3. The van der Waals surface area contributed by atoms with Crippen molar-refractivity contribution in [2.24, 2.45) is 0 Å². The molecule has 0 fully saturated rings. The Labute approximate surface area is 467 Å². The fourth-order valence-electron chi connectivity index (χ4n) is 13.2. The second-order valence-electron chi connectivity index (χ2n) is 27.0. The highest BCUT2D eigenvalue weighted by Crippen LogP contribution is 2.56. The fourth-order valence-corrected chi connectivity index (χ4v) is 13.2. The normalized spacial score (nSPS) is 13.1.